The number of pyridine rings is 1. The first-order chi connectivity index (χ1) is 7.63. The highest BCUT2D eigenvalue weighted by atomic mass is 35.5. The van der Waals surface area contributed by atoms with Gasteiger partial charge in [0.2, 0.25) is 0 Å². The van der Waals surface area contributed by atoms with Gasteiger partial charge in [0.1, 0.15) is 5.82 Å². The lowest BCUT2D eigenvalue weighted by Crippen LogP contribution is -2.09. The Morgan fingerprint density at radius 2 is 2.19 bits per heavy atom. The Morgan fingerprint density at radius 3 is 2.81 bits per heavy atom. The molecule has 0 aliphatic carbocycles. The third-order valence-electron chi connectivity index (χ3n) is 2.62. The molecule has 3 nitrogen and oxygen atoms in total. The van der Waals surface area contributed by atoms with E-state index in [9.17, 15) is 0 Å². The van der Waals surface area contributed by atoms with Crippen LogP contribution in [-0.4, -0.2) is 4.98 Å². The summed E-state index contributed by atoms with van der Waals surface area (Å²) in [5.74, 6) is 0.918. The highest BCUT2D eigenvalue weighted by molar-refractivity contribution is 6.17. The van der Waals surface area contributed by atoms with Gasteiger partial charge in [0, 0.05) is 22.9 Å². The number of anilines is 1. The van der Waals surface area contributed by atoms with Crippen LogP contribution in [0.4, 0.5) is 5.82 Å². The number of halogens is 1. The Hall–Kier alpha value is -1.32. The summed E-state index contributed by atoms with van der Waals surface area (Å²) >= 11 is 5.86. The Morgan fingerprint density at radius 1 is 1.44 bits per heavy atom. The molecule has 0 amide bonds. The topological polar surface area (TPSA) is 64.9 Å². The average Bonchev–Trinajstić information content (AvgIpc) is 2.27. The molecule has 2 rings (SSSR count). The average molecular weight is 236 g/mol. The maximum atomic E-state index is 5.88. The SMILES string of the molecule is CC(N)c1cc2cccc(CCl)c2nc1N. The molecular weight excluding hydrogens is 222 g/mol. The van der Waals surface area contributed by atoms with E-state index in [0.717, 1.165) is 22.0 Å². The molecule has 1 aromatic carbocycles. The minimum Gasteiger partial charge on any atom is -0.383 e. The van der Waals surface area contributed by atoms with E-state index in [0.29, 0.717) is 11.7 Å². The highest BCUT2D eigenvalue weighted by Crippen LogP contribution is 2.25. The molecule has 84 valence electrons. The van der Waals surface area contributed by atoms with Gasteiger partial charge in [-0.1, -0.05) is 18.2 Å². The molecule has 0 saturated heterocycles. The Bertz CT molecular complexity index is 523. The van der Waals surface area contributed by atoms with Gasteiger partial charge in [-0.15, -0.1) is 11.6 Å². The predicted molar refractivity (Wildman–Crippen MR) is 68.3 cm³/mol. The van der Waals surface area contributed by atoms with Gasteiger partial charge in [0.15, 0.2) is 0 Å². The lowest BCUT2D eigenvalue weighted by Gasteiger charge is -2.11. The van der Waals surface area contributed by atoms with Gasteiger partial charge in [-0.2, -0.15) is 0 Å². The van der Waals surface area contributed by atoms with Crippen LogP contribution in [0, 0.1) is 0 Å². The number of nitrogens with two attached hydrogens (primary N) is 2. The van der Waals surface area contributed by atoms with E-state index >= 15 is 0 Å². The highest BCUT2D eigenvalue weighted by Gasteiger charge is 2.09. The molecule has 0 radical (unpaired) electrons. The molecule has 1 atom stereocenters. The third-order valence-corrected chi connectivity index (χ3v) is 2.91. The van der Waals surface area contributed by atoms with Gasteiger partial charge in [-0.05, 0) is 18.6 Å². The zero-order valence-corrected chi connectivity index (χ0v) is 9.83. The lowest BCUT2D eigenvalue weighted by molar-refractivity contribution is 0.818. The maximum Gasteiger partial charge on any atom is 0.128 e. The number of aromatic nitrogens is 1. The predicted octanol–water partition coefficient (Wildman–Crippen LogP) is 2.58. The molecule has 1 aromatic heterocycles. The van der Waals surface area contributed by atoms with E-state index in [1.807, 2.05) is 31.2 Å². The molecular formula is C12H14ClN3. The molecule has 16 heavy (non-hydrogen) atoms. The van der Waals surface area contributed by atoms with E-state index in [-0.39, 0.29) is 6.04 Å². The molecule has 0 saturated carbocycles. The van der Waals surface area contributed by atoms with Crippen LogP contribution in [0.1, 0.15) is 24.1 Å². The minimum atomic E-state index is -0.114. The van der Waals surface area contributed by atoms with Crippen molar-refractivity contribution in [2.24, 2.45) is 5.73 Å². The van der Waals surface area contributed by atoms with E-state index in [1.54, 1.807) is 0 Å². The summed E-state index contributed by atoms with van der Waals surface area (Å²) in [7, 11) is 0. The van der Waals surface area contributed by atoms with Crippen molar-refractivity contribution < 1.29 is 0 Å². The standard InChI is InChI=1S/C12H14ClN3/c1-7(14)10-5-8-3-2-4-9(6-13)11(8)16-12(10)15/h2-5,7H,6,14H2,1H3,(H2,15,16). The molecule has 1 unspecified atom stereocenters. The number of hydrogen-bond donors (Lipinski definition) is 2. The minimum absolute atomic E-state index is 0.114. The molecule has 0 spiro atoms. The molecule has 4 N–H and O–H groups in total. The molecule has 2 aromatic rings. The van der Waals surface area contributed by atoms with Crippen molar-refractivity contribution >= 4 is 28.3 Å². The zero-order valence-electron chi connectivity index (χ0n) is 9.07. The first-order valence-corrected chi connectivity index (χ1v) is 5.66. The van der Waals surface area contributed by atoms with Crippen LogP contribution in [0.15, 0.2) is 24.3 Å². The van der Waals surface area contributed by atoms with Crippen molar-refractivity contribution in [1.29, 1.82) is 0 Å². The second kappa shape index (κ2) is 4.28. The molecule has 0 aliphatic rings. The zero-order chi connectivity index (χ0) is 11.7. The van der Waals surface area contributed by atoms with Gasteiger partial charge in [-0.25, -0.2) is 4.98 Å². The fourth-order valence-electron chi connectivity index (χ4n) is 1.76. The number of rotatable bonds is 2. The van der Waals surface area contributed by atoms with Gasteiger partial charge < -0.3 is 11.5 Å². The maximum absolute atomic E-state index is 5.88. The third kappa shape index (κ3) is 1.84. The van der Waals surface area contributed by atoms with Crippen molar-refractivity contribution in [2.45, 2.75) is 18.8 Å². The van der Waals surface area contributed by atoms with Crippen LogP contribution in [0.5, 0.6) is 0 Å². The summed E-state index contributed by atoms with van der Waals surface area (Å²) in [6.45, 7) is 1.89. The second-order valence-electron chi connectivity index (χ2n) is 3.87. The number of nitrogen functional groups attached to an aromatic ring is 1. The van der Waals surface area contributed by atoms with E-state index in [2.05, 4.69) is 4.98 Å². The van der Waals surface area contributed by atoms with E-state index in [1.165, 1.54) is 0 Å². The Labute approximate surface area is 99.4 Å². The first-order valence-electron chi connectivity index (χ1n) is 5.13. The lowest BCUT2D eigenvalue weighted by atomic mass is 10.0. The Kier molecular flexibility index (Phi) is 2.99. The molecule has 0 bridgehead atoms. The van der Waals surface area contributed by atoms with Crippen LogP contribution in [-0.2, 0) is 5.88 Å². The van der Waals surface area contributed by atoms with Gasteiger partial charge in [0.05, 0.1) is 5.52 Å². The summed E-state index contributed by atoms with van der Waals surface area (Å²) in [6.07, 6.45) is 0. The number of nitrogens with zero attached hydrogens (tertiary/aromatic N) is 1. The summed E-state index contributed by atoms with van der Waals surface area (Å²) in [6, 6.07) is 7.77. The summed E-state index contributed by atoms with van der Waals surface area (Å²) < 4.78 is 0. The number of alkyl halides is 1. The first kappa shape index (κ1) is 11.2. The van der Waals surface area contributed by atoms with Crippen LogP contribution in [0.3, 0.4) is 0 Å². The number of benzene rings is 1. The monoisotopic (exact) mass is 235 g/mol. The number of para-hydroxylation sites is 1. The summed E-state index contributed by atoms with van der Waals surface area (Å²) in [4.78, 5) is 4.38. The number of hydrogen-bond acceptors (Lipinski definition) is 3. The normalized spacial score (nSPS) is 12.9. The van der Waals surface area contributed by atoms with Crippen LogP contribution in [0.2, 0.25) is 0 Å². The van der Waals surface area contributed by atoms with Crippen molar-refractivity contribution in [1.82, 2.24) is 4.98 Å². The van der Waals surface area contributed by atoms with Gasteiger partial charge in [-0.3, -0.25) is 0 Å². The summed E-state index contributed by atoms with van der Waals surface area (Å²) in [5, 5.41) is 1.03. The van der Waals surface area contributed by atoms with Crippen LogP contribution >= 0.6 is 11.6 Å². The fourth-order valence-corrected chi connectivity index (χ4v) is 1.98. The van der Waals surface area contributed by atoms with Crippen molar-refractivity contribution in [3.8, 4) is 0 Å². The Balaban J connectivity index is 2.73. The summed E-state index contributed by atoms with van der Waals surface area (Å²) in [5.41, 5.74) is 14.4. The number of fused-ring (bicyclic) bond motifs is 1. The van der Waals surface area contributed by atoms with Gasteiger partial charge >= 0.3 is 0 Å². The van der Waals surface area contributed by atoms with E-state index < -0.39 is 0 Å². The molecule has 0 aliphatic heterocycles. The van der Waals surface area contributed by atoms with Crippen LogP contribution in [0.25, 0.3) is 10.9 Å². The largest absolute Gasteiger partial charge is 0.383 e. The fraction of sp³-hybridized carbons (Fsp3) is 0.250. The smallest absolute Gasteiger partial charge is 0.128 e. The molecule has 1 heterocycles. The van der Waals surface area contributed by atoms with Crippen molar-refractivity contribution in [3.63, 3.8) is 0 Å². The second-order valence-corrected chi connectivity index (χ2v) is 4.14. The van der Waals surface area contributed by atoms with Crippen molar-refractivity contribution in [3.05, 3.63) is 35.4 Å². The molecule has 4 heteroatoms. The van der Waals surface area contributed by atoms with Crippen molar-refractivity contribution in [2.75, 3.05) is 5.73 Å². The van der Waals surface area contributed by atoms with Gasteiger partial charge in [0.25, 0.3) is 0 Å². The van der Waals surface area contributed by atoms with Crippen LogP contribution < -0.4 is 11.5 Å². The molecule has 0 fully saturated rings. The quantitative estimate of drug-likeness (QED) is 0.787. The van der Waals surface area contributed by atoms with E-state index in [4.69, 9.17) is 23.1 Å².